The maximum atomic E-state index is 11.7. The zero-order valence-corrected chi connectivity index (χ0v) is 18.0. The molecule has 8 nitrogen and oxygen atoms in total. The second-order valence-electron chi connectivity index (χ2n) is 6.31. The molecule has 10 heteroatoms. The Labute approximate surface area is 189 Å². The number of hydrogen-bond donors (Lipinski definition) is 2. The van der Waals surface area contributed by atoms with Crippen molar-refractivity contribution in [2.24, 2.45) is 0 Å². The zero-order valence-electron chi connectivity index (χ0n) is 16.5. The summed E-state index contributed by atoms with van der Waals surface area (Å²) in [5, 5.41) is 19.0. The number of phenols is 2. The lowest BCUT2D eigenvalue weighted by atomic mass is 10.2. The van der Waals surface area contributed by atoms with Gasteiger partial charge in [-0.2, -0.15) is 0 Å². The van der Waals surface area contributed by atoms with E-state index in [1.165, 1.54) is 24.3 Å². The van der Waals surface area contributed by atoms with Crippen molar-refractivity contribution in [3.05, 3.63) is 57.6 Å². The average molecular weight is 473 g/mol. The predicted octanol–water partition coefficient (Wildman–Crippen LogP) is 3.61. The Kier molecular flexibility index (Phi) is 10.4. The molecule has 0 aliphatic rings. The van der Waals surface area contributed by atoms with Crippen molar-refractivity contribution in [2.75, 3.05) is 26.4 Å². The number of ether oxygens (including phenoxy) is 4. The van der Waals surface area contributed by atoms with Crippen molar-refractivity contribution >= 4 is 35.1 Å². The number of phenolic OH excluding ortho intramolecular Hbond substituents is 2. The Hall–Kier alpha value is -2.52. The Morgan fingerprint density at radius 2 is 1.26 bits per heavy atom. The molecule has 0 aliphatic carbocycles. The third-order valence-electron chi connectivity index (χ3n) is 3.87. The van der Waals surface area contributed by atoms with Gasteiger partial charge < -0.3 is 29.2 Å². The summed E-state index contributed by atoms with van der Waals surface area (Å²) < 4.78 is 20.5. The summed E-state index contributed by atoms with van der Waals surface area (Å²) in [4.78, 5) is 23.3. The van der Waals surface area contributed by atoms with Gasteiger partial charge in [0.25, 0.3) is 0 Å². The SMILES string of the molecule is O=C(CCOCCOCC(=O)OCc1ccc(O)c(Cl)c1)OCc1ccc(O)c(Cl)c1. The van der Waals surface area contributed by atoms with Crippen LogP contribution in [0.1, 0.15) is 17.5 Å². The Morgan fingerprint density at radius 1 is 0.742 bits per heavy atom. The first-order chi connectivity index (χ1) is 14.8. The van der Waals surface area contributed by atoms with E-state index in [9.17, 15) is 19.8 Å². The maximum Gasteiger partial charge on any atom is 0.332 e. The molecule has 0 amide bonds. The normalized spacial score (nSPS) is 10.6. The number of aromatic hydroxyl groups is 2. The van der Waals surface area contributed by atoms with Gasteiger partial charge in [0.15, 0.2) is 0 Å². The fraction of sp³-hybridized carbons (Fsp3) is 0.333. The molecular weight excluding hydrogens is 451 g/mol. The lowest BCUT2D eigenvalue weighted by Crippen LogP contribution is -2.16. The number of hydrogen-bond acceptors (Lipinski definition) is 8. The van der Waals surface area contributed by atoms with Gasteiger partial charge in [0, 0.05) is 0 Å². The van der Waals surface area contributed by atoms with Gasteiger partial charge in [-0.25, -0.2) is 4.79 Å². The summed E-state index contributed by atoms with van der Waals surface area (Å²) >= 11 is 11.6. The fourth-order valence-corrected chi connectivity index (χ4v) is 2.66. The summed E-state index contributed by atoms with van der Waals surface area (Å²) in [5.74, 6) is -1.08. The highest BCUT2D eigenvalue weighted by Gasteiger charge is 2.07. The van der Waals surface area contributed by atoms with Crippen LogP contribution >= 0.6 is 23.2 Å². The lowest BCUT2D eigenvalue weighted by molar-refractivity contribution is -0.150. The van der Waals surface area contributed by atoms with Gasteiger partial charge >= 0.3 is 11.9 Å². The molecule has 0 unspecified atom stereocenters. The van der Waals surface area contributed by atoms with Crippen LogP contribution in [0.2, 0.25) is 10.0 Å². The molecular formula is C21H22Cl2O8. The molecule has 2 aromatic rings. The van der Waals surface area contributed by atoms with Crippen LogP contribution in [0.5, 0.6) is 11.5 Å². The zero-order chi connectivity index (χ0) is 22.6. The van der Waals surface area contributed by atoms with E-state index in [0.717, 1.165) is 0 Å². The molecule has 0 atom stereocenters. The van der Waals surface area contributed by atoms with Gasteiger partial charge in [0.05, 0.1) is 36.3 Å². The largest absolute Gasteiger partial charge is 0.506 e. The van der Waals surface area contributed by atoms with Gasteiger partial charge in [-0.1, -0.05) is 35.3 Å². The van der Waals surface area contributed by atoms with E-state index in [-0.39, 0.29) is 67.6 Å². The van der Waals surface area contributed by atoms with Crippen molar-refractivity contribution in [3.63, 3.8) is 0 Å². The van der Waals surface area contributed by atoms with Crippen molar-refractivity contribution in [2.45, 2.75) is 19.6 Å². The second-order valence-corrected chi connectivity index (χ2v) is 7.12. The van der Waals surface area contributed by atoms with Crippen molar-refractivity contribution in [3.8, 4) is 11.5 Å². The summed E-state index contributed by atoms with van der Waals surface area (Å²) in [5.41, 5.74) is 1.30. The number of esters is 2. The van der Waals surface area contributed by atoms with Crippen LogP contribution in [-0.2, 0) is 41.8 Å². The third-order valence-corrected chi connectivity index (χ3v) is 4.47. The van der Waals surface area contributed by atoms with E-state index in [0.29, 0.717) is 11.1 Å². The van der Waals surface area contributed by atoms with E-state index >= 15 is 0 Å². The monoisotopic (exact) mass is 472 g/mol. The Morgan fingerprint density at radius 3 is 1.81 bits per heavy atom. The molecule has 0 saturated carbocycles. The molecule has 0 bridgehead atoms. The predicted molar refractivity (Wildman–Crippen MR) is 112 cm³/mol. The minimum Gasteiger partial charge on any atom is -0.506 e. The Bertz CT molecular complexity index is 816. The number of carbonyl (C=O) groups excluding carboxylic acids is 2. The van der Waals surface area contributed by atoms with Crippen molar-refractivity contribution in [1.82, 2.24) is 0 Å². The lowest BCUT2D eigenvalue weighted by Gasteiger charge is -2.08. The first kappa shape index (κ1) is 24.7. The summed E-state index contributed by atoms with van der Waals surface area (Å²) in [6.07, 6.45) is 0.0586. The van der Waals surface area contributed by atoms with Crippen LogP contribution < -0.4 is 0 Å². The number of rotatable bonds is 12. The first-order valence-electron chi connectivity index (χ1n) is 9.26. The molecule has 168 valence electrons. The van der Waals surface area contributed by atoms with E-state index in [1.54, 1.807) is 12.1 Å². The van der Waals surface area contributed by atoms with Crippen LogP contribution in [0.3, 0.4) is 0 Å². The topological polar surface area (TPSA) is 112 Å². The fourth-order valence-electron chi connectivity index (χ4n) is 2.25. The second kappa shape index (κ2) is 13.0. The van der Waals surface area contributed by atoms with Crippen molar-refractivity contribution < 1.29 is 38.7 Å². The Balaban J connectivity index is 1.48. The van der Waals surface area contributed by atoms with Gasteiger partial charge in [-0.05, 0) is 35.4 Å². The van der Waals surface area contributed by atoms with Crippen LogP contribution in [0.4, 0.5) is 0 Å². The number of halogens is 2. The number of carbonyl (C=O) groups is 2. The average Bonchev–Trinajstić information content (AvgIpc) is 2.74. The van der Waals surface area contributed by atoms with Crippen LogP contribution in [0.25, 0.3) is 0 Å². The molecule has 0 heterocycles. The van der Waals surface area contributed by atoms with Crippen LogP contribution in [0, 0.1) is 0 Å². The highest BCUT2D eigenvalue weighted by Crippen LogP contribution is 2.24. The molecule has 2 N–H and O–H groups in total. The third kappa shape index (κ3) is 9.44. The number of benzene rings is 2. The minimum absolute atomic E-state index is 0.0111. The first-order valence-corrected chi connectivity index (χ1v) is 10.0. The van der Waals surface area contributed by atoms with Gasteiger partial charge in [0.2, 0.25) is 0 Å². The summed E-state index contributed by atoms with van der Waals surface area (Å²) in [7, 11) is 0. The maximum absolute atomic E-state index is 11.7. The van der Waals surface area contributed by atoms with E-state index < -0.39 is 11.9 Å². The highest BCUT2D eigenvalue weighted by molar-refractivity contribution is 6.32. The van der Waals surface area contributed by atoms with Crippen LogP contribution in [0.15, 0.2) is 36.4 Å². The quantitative estimate of drug-likeness (QED) is 0.355. The van der Waals surface area contributed by atoms with E-state index in [2.05, 4.69) is 0 Å². The standard InChI is InChI=1S/C21H22Cl2O8/c22-16-9-14(1-3-18(16)24)11-30-20(26)5-6-28-7-8-29-13-21(27)31-12-15-2-4-19(25)17(23)10-15/h1-4,9-10,24-25H,5-8,11-13H2. The molecule has 0 fully saturated rings. The van der Waals surface area contributed by atoms with Gasteiger partial charge in [0.1, 0.15) is 31.3 Å². The molecule has 31 heavy (non-hydrogen) atoms. The molecule has 0 radical (unpaired) electrons. The molecule has 0 aliphatic heterocycles. The summed E-state index contributed by atoms with van der Waals surface area (Å²) in [6, 6.07) is 9.05. The van der Waals surface area contributed by atoms with Crippen LogP contribution in [-0.4, -0.2) is 48.6 Å². The highest BCUT2D eigenvalue weighted by atomic mass is 35.5. The molecule has 2 rings (SSSR count). The van der Waals surface area contributed by atoms with E-state index in [1.807, 2.05) is 0 Å². The molecule has 2 aromatic carbocycles. The van der Waals surface area contributed by atoms with E-state index in [4.69, 9.17) is 42.1 Å². The van der Waals surface area contributed by atoms with Crippen molar-refractivity contribution in [1.29, 1.82) is 0 Å². The molecule has 0 spiro atoms. The van der Waals surface area contributed by atoms with Gasteiger partial charge in [-0.15, -0.1) is 0 Å². The van der Waals surface area contributed by atoms with Gasteiger partial charge in [-0.3, -0.25) is 4.79 Å². The summed E-state index contributed by atoms with van der Waals surface area (Å²) in [6.45, 7) is 0.303. The molecule has 0 saturated heterocycles. The minimum atomic E-state index is -0.554. The molecule has 0 aromatic heterocycles. The smallest absolute Gasteiger partial charge is 0.332 e.